The molecule has 21 nitrogen and oxygen atoms in total. The first-order valence-electron chi connectivity index (χ1n) is 20.3. The van der Waals surface area contributed by atoms with Gasteiger partial charge in [-0.2, -0.15) is 40.5 Å². The van der Waals surface area contributed by atoms with Gasteiger partial charge in [0.1, 0.15) is 32.5 Å². The largest absolute Gasteiger partial charge is 0.494 e. The third-order valence-electron chi connectivity index (χ3n) is 9.77. The number of fused-ring (bicyclic) bond motifs is 2. The molecule has 5 aromatic heterocycles. The molecule has 2 aromatic carbocycles. The lowest BCUT2D eigenvalue weighted by molar-refractivity contribution is 0.414. The number of benzene rings is 2. The molecule has 68 heavy (non-hydrogen) atoms. The zero-order chi connectivity index (χ0) is 49.1. The summed E-state index contributed by atoms with van der Waals surface area (Å²) < 4.78 is 86.9. The van der Waals surface area contributed by atoms with Crippen LogP contribution in [-0.4, -0.2) is 95.8 Å². The van der Waals surface area contributed by atoms with Gasteiger partial charge in [0, 0.05) is 44.1 Å². The Labute approximate surface area is 420 Å². The first-order chi connectivity index (χ1) is 32.5. The van der Waals surface area contributed by atoms with E-state index in [1.807, 2.05) is 46.8 Å². The number of ether oxygens (including phenoxy) is 2. The van der Waals surface area contributed by atoms with Crippen molar-refractivity contribution in [1.82, 2.24) is 23.7 Å². The molecule has 7 aromatic rings. The Kier molecular flexibility index (Phi) is 16.3. The third kappa shape index (κ3) is 10.9. The number of halogens is 2. The van der Waals surface area contributed by atoms with E-state index in [0.717, 1.165) is 63.5 Å². The number of hydrogen-bond acceptors (Lipinski definition) is 24. The van der Waals surface area contributed by atoms with Crippen LogP contribution in [-0.2, 0) is 20.2 Å². The molecular formula is C38H41Cl2N13O8S7. The molecule has 30 heteroatoms. The van der Waals surface area contributed by atoms with E-state index < -0.39 is 28.7 Å². The van der Waals surface area contributed by atoms with E-state index in [1.54, 1.807) is 26.4 Å². The number of anilines is 6. The average molecular weight is 1100 g/mol. The topological polar surface area (TPSA) is 272 Å². The van der Waals surface area contributed by atoms with E-state index >= 15 is 0 Å². The minimum Gasteiger partial charge on any atom is -0.494 e. The molecule has 0 radical (unpaired) electrons. The van der Waals surface area contributed by atoms with Gasteiger partial charge in [0.25, 0.3) is 0 Å². The second-order valence-electron chi connectivity index (χ2n) is 13.9. The maximum atomic E-state index is 12.0. The molecule has 0 saturated carbocycles. The van der Waals surface area contributed by atoms with Gasteiger partial charge in [0.15, 0.2) is 23.6 Å². The van der Waals surface area contributed by atoms with Crippen LogP contribution in [0.15, 0.2) is 58.3 Å². The molecule has 0 unspecified atom stereocenters. The molecule has 362 valence electrons. The van der Waals surface area contributed by atoms with Crippen LogP contribution in [0.3, 0.4) is 0 Å². The standard InChI is InChI=1S/C38H41Cl2N13O8S7/c1-8-13-62-38-44-36(41-18-14-22(52(9-2)10-3)24(60-6)16-20(18)46-48-30-26-28(39)34(67(54,55)56)63-32(26)50-65-30)43-37(45-38)42-19-15-23(53(11-4)12-5)25(61-7)17-21(19)47-49-31-27-29(40)35(68(57,58)59)64-33(27)51-66-31/h14-17H,8-13H2,1-7H3,(H,54,55,56)(H,57,58,59)(H2,41,42,43,44,45). The van der Waals surface area contributed by atoms with E-state index in [2.05, 4.69) is 49.6 Å². The van der Waals surface area contributed by atoms with Crippen molar-refractivity contribution in [2.75, 3.05) is 66.6 Å². The zero-order valence-corrected chi connectivity index (χ0v) is 44.2. The minimum absolute atomic E-state index is 0.126. The number of hydrogen-bond donors (Lipinski definition) is 4. The highest BCUT2D eigenvalue weighted by atomic mass is 35.5. The Balaban J connectivity index is 1.34. The van der Waals surface area contributed by atoms with E-state index in [-0.39, 0.29) is 63.8 Å². The van der Waals surface area contributed by atoms with Crippen molar-refractivity contribution in [3.63, 3.8) is 0 Å². The monoisotopic (exact) mass is 1100 g/mol. The van der Waals surface area contributed by atoms with Gasteiger partial charge < -0.3 is 29.9 Å². The van der Waals surface area contributed by atoms with Gasteiger partial charge in [0.05, 0.1) is 57.8 Å². The summed E-state index contributed by atoms with van der Waals surface area (Å²) in [6.07, 6.45) is 0.823. The van der Waals surface area contributed by atoms with Crippen molar-refractivity contribution in [3.8, 4) is 11.5 Å². The zero-order valence-electron chi connectivity index (χ0n) is 36.9. The summed E-state index contributed by atoms with van der Waals surface area (Å²) in [5, 5.41) is 25.5. The van der Waals surface area contributed by atoms with Crippen molar-refractivity contribution < 1.29 is 35.4 Å². The predicted molar refractivity (Wildman–Crippen MR) is 274 cm³/mol. The molecule has 0 saturated heterocycles. The van der Waals surface area contributed by atoms with E-state index in [0.29, 0.717) is 60.0 Å². The van der Waals surface area contributed by atoms with Crippen LogP contribution < -0.4 is 29.9 Å². The smallest absolute Gasteiger partial charge is 0.305 e. The van der Waals surface area contributed by atoms with Gasteiger partial charge in [0.2, 0.25) is 11.9 Å². The Morgan fingerprint density at radius 3 is 1.43 bits per heavy atom. The number of azo groups is 2. The number of thioether (sulfide) groups is 1. The predicted octanol–water partition coefficient (Wildman–Crippen LogP) is 12.5. The second-order valence-corrected chi connectivity index (χ2v) is 22.4. The minimum atomic E-state index is -4.62. The number of rotatable bonds is 21. The highest BCUT2D eigenvalue weighted by Crippen LogP contribution is 2.48. The normalized spacial score (nSPS) is 12.3. The van der Waals surface area contributed by atoms with Gasteiger partial charge in [-0.25, -0.2) is 0 Å². The van der Waals surface area contributed by atoms with Crippen LogP contribution in [0.1, 0.15) is 41.0 Å². The molecule has 0 atom stereocenters. The van der Waals surface area contributed by atoms with Crippen LogP contribution in [0.25, 0.3) is 20.4 Å². The second kappa shape index (κ2) is 21.6. The van der Waals surface area contributed by atoms with Gasteiger partial charge in [-0.3, -0.25) is 9.11 Å². The van der Waals surface area contributed by atoms with Gasteiger partial charge >= 0.3 is 20.2 Å². The highest BCUT2D eigenvalue weighted by molar-refractivity contribution is 7.99. The number of nitrogens with zero attached hydrogens (tertiary/aromatic N) is 11. The summed E-state index contributed by atoms with van der Waals surface area (Å²) in [6, 6.07) is 7.05. The lowest BCUT2D eigenvalue weighted by atomic mass is 10.2. The molecule has 0 spiro atoms. The van der Waals surface area contributed by atoms with Crippen molar-refractivity contribution in [3.05, 3.63) is 34.3 Å². The maximum Gasteiger partial charge on any atom is 0.305 e. The maximum absolute atomic E-state index is 12.0. The highest BCUT2D eigenvalue weighted by Gasteiger charge is 2.27. The summed E-state index contributed by atoms with van der Waals surface area (Å²) in [7, 11) is -6.15. The van der Waals surface area contributed by atoms with Crippen molar-refractivity contribution in [1.29, 1.82) is 0 Å². The van der Waals surface area contributed by atoms with E-state index in [1.165, 1.54) is 11.8 Å². The Morgan fingerprint density at radius 2 is 1.07 bits per heavy atom. The summed E-state index contributed by atoms with van der Waals surface area (Å²) >= 11 is 17.6. The number of nitrogens with one attached hydrogen (secondary N) is 2. The molecule has 4 N–H and O–H groups in total. The summed E-state index contributed by atoms with van der Waals surface area (Å²) in [5.41, 5.74) is 2.87. The van der Waals surface area contributed by atoms with Gasteiger partial charge in [-0.1, -0.05) is 64.6 Å². The van der Waals surface area contributed by atoms with Crippen LogP contribution >= 0.6 is 80.7 Å². The Morgan fingerprint density at radius 1 is 0.662 bits per heavy atom. The summed E-state index contributed by atoms with van der Waals surface area (Å²) in [4.78, 5) is 19.0. The van der Waals surface area contributed by atoms with Gasteiger partial charge in [-0.05, 0) is 69.3 Å². The van der Waals surface area contributed by atoms with Gasteiger partial charge in [-0.15, -0.1) is 20.5 Å². The van der Waals surface area contributed by atoms with Crippen molar-refractivity contribution in [2.45, 2.75) is 54.6 Å². The van der Waals surface area contributed by atoms with E-state index in [9.17, 15) is 25.9 Å². The molecule has 0 fully saturated rings. The van der Waals surface area contributed by atoms with Crippen LogP contribution in [0.2, 0.25) is 10.0 Å². The fraction of sp³-hybridized carbons (Fsp3) is 0.342. The fourth-order valence-corrected chi connectivity index (χ4v) is 13.9. The summed E-state index contributed by atoms with van der Waals surface area (Å²) in [6.45, 7) is 12.7. The first-order valence-corrected chi connectivity index (χ1v) is 28.1. The van der Waals surface area contributed by atoms with Crippen molar-refractivity contribution in [2.24, 2.45) is 20.5 Å². The fourth-order valence-electron chi connectivity index (χ4n) is 6.58. The first kappa shape index (κ1) is 51.2. The SMILES string of the molecule is CCCSc1nc(Nc2cc(N(CC)CC)c(OC)cc2N=Nc2snc3sc(S(=O)(=O)O)c(Cl)c23)nc(Nc2cc(N(CC)CC)c(OC)cc2N=Nc2snc3sc(S(=O)(=O)O)c(Cl)c23)n1. The molecule has 0 bridgehead atoms. The average Bonchev–Trinajstić information content (AvgIpc) is 4.08. The van der Waals surface area contributed by atoms with Crippen LogP contribution in [0.5, 0.6) is 11.5 Å². The lowest BCUT2D eigenvalue weighted by Crippen LogP contribution is -2.22. The molecule has 0 aliphatic carbocycles. The molecule has 0 aliphatic heterocycles. The third-order valence-corrected chi connectivity index (χ3v) is 18.6. The van der Waals surface area contributed by atoms with Crippen LogP contribution in [0.4, 0.5) is 56.0 Å². The van der Waals surface area contributed by atoms with E-state index in [4.69, 9.17) is 47.6 Å². The molecule has 7 rings (SSSR count). The quantitative estimate of drug-likeness (QED) is 0.0296. The molecular weight excluding hydrogens is 1060 g/mol. The Bertz CT molecular complexity index is 3070. The van der Waals surface area contributed by atoms with Crippen molar-refractivity contribution >= 4 is 177 Å². The number of thiophene rings is 2. The molecule has 0 amide bonds. The lowest BCUT2D eigenvalue weighted by Gasteiger charge is -2.25. The molecule has 0 aliphatic rings. The molecule has 5 heterocycles. The Hall–Kier alpha value is -4.62. The number of aromatic nitrogens is 5. The number of methoxy groups -OCH3 is 2. The summed E-state index contributed by atoms with van der Waals surface area (Å²) in [5.74, 6) is 1.92. The van der Waals surface area contributed by atoms with Crippen LogP contribution in [0, 0.1) is 0 Å².